The molecule has 0 aromatic heterocycles. The van der Waals surface area contributed by atoms with Gasteiger partial charge < -0.3 is 5.11 Å². The van der Waals surface area contributed by atoms with Gasteiger partial charge in [-0.1, -0.05) is 0 Å². The lowest BCUT2D eigenvalue weighted by Gasteiger charge is -2.10. The van der Waals surface area contributed by atoms with E-state index in [4.69, 9.17) is 0 Å². The van der Waals surface area contributed by atoms with Crippen LogP contribution < -0.4 is 0 Å². The summed E-state index contributed by atoms with van der Waals surface area (Å²) in [6.07, 6.45) is 0. The maximum absolute atomic E-state index is 13.4. The van der Waals surface area contributed by atoms with Gasteiger partial charge in [0.15, 0.2) is 34.9 Å². The van der Waals surface area contributed by atoms with Crippen molar-refractivity contribution in [3.8, 4) is 5.75 Å². The van der Waals surface area contributed by atoms with Crippen molar-refractivity contribution in [1.29, 1.82) is 0 Å². The highest BCUT2D eigenvalue weighted by atomic mass is 19.2. The fourth-order valence-corrected chi connectivity index (χ4v) is 1.63. The second-order valence-corrected chi connectivity index (χ2v) is 3.61. The van der Waals surface area contributed by atoms with Crippen molar-refractivity contribution in [2.45, 2.75) is 6.92 Å². The number of fused-ring (bicyclic) bond motifs is 1. The third-order valence-corrected chi connectivity index (χ3v) is 2.60. The Morgan fingerprint density at radius 1 is 0.611 bits per heavy atom. The van der Waals surface area contributed by atoms with Crippen molar-refractivity contribution in [2.24, 2.45) is 0 Å². The summed E-state index contributed by atoms with van der Waals surface area (Å²) in [5, 5.41) is 6.68. The van der Waals surface area contributed by atoms with Gasteiger partial charge >= 0.3 is 0 Å². The Morgan fingerprint density at radius 2 is 1.00 bits per heavy atom. The van der Waals surface area contributed by atoms with E-state index in [9.17, 15) is 31.4 Å². The van der Waals surface area contributed by atoms with E-state index in [1.807, 2.05) is 0 Å². The highest BCUT2D eigenvalue weighted by Gasteiger charge is 2.28. The summed E-state index contributed by atoms with van der Waals surface area (Å²) in [6.45, 7) is 0.881. The molecule has 0 saturated heterocycles. The Morgan fingerprint density at radius 3 is 1.50 bits per heavy atom. The number of aromatic hydroxyl groups is 1. The molecule has 0 aliphatic rings. The monoisotopic (exact) mass is 266 g/mol. The van der Waals surface area contributed by atoms with Gasteiger partial charge in [0.1, 0.15) is 5.75 Å². The van der Waals surface area contributed by atoms with E-state index in [1.165, 1.54) is 0 Å². The molecule has 0 bridgehead atoms. The van der Waals surface area contributed by atoms with Crippen molar-refractivity contribution in [3.63, 3.8) is 0 Å². The van der Waals surface area contributed by atoms with Gasteiger partial charge in [-0.2, -0.15) is 0 Å². The number of hydrogen-bond donors (Lipinski definition) is 1. The highest BCUT2D eigenvalue weighted by Crippen LogP contribution is 2.38. The van der Waals surface area contributed by atoms with Gasteiger partial charge in [0.05, 0.1) is 10.8 Å². The molecule has 2 aromatic rings. The minimum Gasteiger partial charge on any atom is -0.507 e. The third kappa shape index (κ3) is 1.36. The van der Waals surface area contributed by atoms with Gasteiger partial charge in [-0.25, -0.2) is 26.3 Å². The van der Waals surface area contributed by atoms with E-state index >= 15 is 0 Å². The normalized spacial score (nSPS) is 11.3. The molecule has 0 unspecified atom stereocenters. The zero-order chi connectivity index (χ0) is 13.8. The Kier molecular flexibility index (Phi) is 2.64. The molecular weight excluding hydrogens is 262 g/mol. The zero-order valence-corrected chi connectivity index (χ0v) is 8.72. The summed E-state index contributed by atoms with van der Waals surface area (Å²) in [5.74, 6) is -13.3. The first-order valence-corrected chi connectivity index (χ1v) is 4.61. The lowest BCUT2D eigenvalue weighted by Crippen LogP contribution is -2.03. The number of hydrogen-bond acceptors (Lipinski definition) is 1. The van der Waals surface area contributed by atoms with Crippen LogP contribution in [0.5, 0.6) is 5.75 Å². The van der Waals surface area contributed by atoms with Gasteiger partial charge in [0.2, 0.25) is 0 Å². The number of rotatable bonds is 0. The van der Waals surface area contributed by atoms with Crippen molar-refractivity contribution in [1.82, 2.24) is 0 Å². The van der Waals surface area contributed by atoms with E-state index in [0.29, 0.717) is 0 Å². The van der Waals surface area contributed by atoms with Crippen LogP contribution in [-0.4, -0.2) is 5.11 Å². The maximum atomic E-state index is 13.4. The molecule has 0 aliphatic carbocycles. The lowest BCUT2D eigenvalue weighted by atomic mass is 10.0. The van der Waals surface area contributed by atoms with Crippen molar-refractivity contribution < 1.29 is 31.4 Å². The predicted octanol–water partition coefficient (Wildman–Crippen LogP) is 3.69. The summed E-state index contributed by atoms with van der Waals surface area (Å²) in [5.41, 5.74) is -0.732. The molecule has 0 aliphatic heterocycles. The quantitative estimate of drug-likeness (QED) is 0.438. The van der Waals surface area contributed by atoms with Crippen LogP contribution in [0.3, 0.4) is 0 Å². The van der Waals surface area contributed by atoms with Gasteiger partial charge in [0.25, 0.3) is 0 Å². The summed E-state index contributed by atoms with van der Waals surface area (Å²) in [6, 6.07) is 0. The molecule has 2 rings (SSSR count). The van der Waals surface area contributed by atoms with Crippen LogP contribution in [0.1, 0.15) is 5.56 Å². The van der Waals surface area contributed by atoms with Crippen LogP contribution in [0.4, 0.5) is 26.3 Å². The Hall–Kier alpha value is -1.92. The van der Waals surface area contributed by atoms with Crippen LogP contribution in [0.15, 0.2) is 0 Å². The molecule has 2 aromatic carbocycles. The first-order chi connectivity index (χ1) is 8.29. The maximum Gasteiger partial charge on any atom is 0.198 e. The first kappa shape index (κ1) is 12.5. The molecule has 0 saturated carbocycles. The number of phenolic OH excluding ortho intramolecular Hbond substituents is 1. The largest absolute Gasteiger partial charge is 0.507 e. The molecule has 0 heterocycles. The van der Waals surface area contributed by atoms with Crippen molar-refractivity contribution in [2.75, 3.05) is 0 Å². The molecule has 0 radical (unpaired) electrons. The summed E-state index contributed by atoms with van der Waals surface area (Å²) < 4.78 is 79.1. The molecule has 0 spiro atoms. The SMILES string of the molecule is Cc1c(F)c(F)c2c(F)c(F)c(F)c(F)c2c1O. The Bertz CT molecular complexity index is 567. The van der Waals surface area contributed by atoms with Gasteiger partial charge in [0, 0.05) is 5.56 Å². The van der Waals surface area contributed by atoms with E-state index < -0.39 is 57.0 Å². The van der Waals surface area contributed by atoms with Crippen LogP contribution in [0.2, 0.25) is 0 Å². The van der Waals surface area contributed by atoms with Crippen LogP contribution in [0, 0.1) is 41.8 Å². The van der Waals surface area contributed by atoms with Gasteiger partial charge in [-0.05, 0) is 6.92 Å². The minimum absolute atomic E-state index is 0.732. The zero-order valence-electron chi connectivity index (χ0n) is 8.72. The predicted molar refractivity (Wildman–Crippen MR) is 50.1 cm³/mol. The number of halogens is 6. The second kappa shape index (κ2) is 3.79. The van der Waals surface area contributed by atoms with Crippen LogP contribution in [0.25, 0.3) is 10.8 Å². The fourth-order valence-electron chi connectivity index (χ4n) is 1.63. The molecule has 0 atom stereocenters. The summed E-state index contributed by atoms with van der Waals surface area (Å²) >= 11 is 0. The van der Waals surface area contributed by atoms with E-state index in [2.05, 4.69) is 0 Å². The number of benzene rings is 2. The van der Waals surface area contributed by atoms with E-state index in [0.717, 1.165) is 6.92 Å². The molecule has 18 heavy (non-hydrogen) atoms. The molecule has 96 valence electrons. The molecule has 7 heteroatoms. The van der Waals surface area contributed by atoms with Gasteiger partial charge in [-0.3, -0.25) is 0 Å². The van der Waals surface area contributed by atoms with Crippen LogP contribution >= 0.6 is 0 Å². The molecule has 0 amide bonds. The minimum atomic E-state index is -2.28. The number of phenols is 1. The highest BCUT2D eigenvalue weighted by molar-refractivity contribution is 5.91. The lowest BCUT2D eigenvalue weighted by molar-refractivity contribution is 0.407. The average molecular weight is 266 g/mol. The third-order valence-electron chi connectivity index (χ3n) is 2.60. The fraction of sp³-hybridized carbons (Fsp3) is 0.0909. The summed E-state index contributed by atoms with van der Waals surface area (Å²) in [4.78, 5) is 0. The smallest absolute Gasteiger partial charge is 0.198 e. The van der Waals surface area contributed by atoms with Crippen LogP contribution in [-0.2, 0) is 0 Å². The van der Waals surface area contributed by atoms with E-state index in [1.54, 1.807) is 0 Å². The molecule has 1 N–H and O–H groups in total. The molecule has 1 nitrogen and oxygen atoms in total. The van der Waals surface area contributed by atoms with E-state index in [-0.39, 0.29) is 0 Å². The first-order valence-electron chi connectivity index (χ1n) is 4.61. The summed E-state index contributed by atoms with van der Waals surface area (Å²) in [7, 11) is 0. The topological polar surface area (TPSA) is 20.2 Å². The van der Waals surface area contributed by atoms with Crippen molar-refractivity contribution in [3.05, 3.63) is 40.5 Å². The average Bonchev–Trinajstić information content (AvgIpc) is 2.35. The Labute approximate surface area is 96.3 Å². The van der Waals surface area contributed by atoms with Crippen molar-refractivity contribution >= 4 is 10.8 Å². The second-order valence-electron chi connectivity index (χ2n) is 3.61. The molecular formula is C11H4F6O. The molecule has 0 fully saturated rings. The standard InChI is InChI=1S/C11H4F6O/c1-2-5(12)6(13)3-4(11(2)18)8(15)10(17)9(16)7(3)14/h18H,1H3. The van der Waals surface area contributed by atoms with Gasteiger partial charge in [-0.15, -0.1) is 0 Å². The Balaban J connectivity index is 3.22.